The summed E-state index contributed by atoms with van der Waals surface area (Å²) in [6, 6.07) is 14.9. The predicted molar refractivity (Wildman–Crippen MR) is 104 cm³/mol. The first-order valence-electron chi connectivity index (χ1n) is 8.07. The molecule has 4 rings (SSSR count). The summed E-state index contributed by atoms with van der Waals surface area (Å²) < 4.78 is 0. The number of hydrogen-bond donors (Lipinski definition) is 2. The fraction of sp³-hybridized carbons (Fsp3) is 0.111. The minimum Gasteiger partial charge on any atom is -0.379 e. The summed E-state index contributed by atoms with van der Waals surface area (Å²) in [6.45, 7) is 0.603. The Labute approximate surface area is 153 Å². The number of hydrazone groups is 1. The lowest BCUT2D eigenvalue weighted by Gasteiger charge is -2.19. The molecule has 0 amide bonds. The van der Waals surface area contributed by atoms with E-state index in [2.05, 4.69) is 20.8 Å². The minimum absolute atomic E-state index is 0.0653. The zero-order valence-corrected chi connectivity index (χ0v) is 14.5. The van der Waals surface area contributed by atoms with E-state index in [0.717, 1.165) is 22.5 Å². The number of nitrogens with one attached hydrogen (secondary N) is 2. The number of fused-ring (bicyclic) bond motifs is 1. The van der Waals surface area contributed by atoms with Crippen LogP contribution >= 0.6 is 11.3 Å². The largest absolute Gasteiger partial charge is 0.379 e. The predicted octanol–water partition coefficient (Wildman–Crippen LogP) is 4.35. The molecule has 0 radical (unpaired) electrons. The topological polar surface area (TPSA) is 92.5 Å². The van der Waals surface area contributed by atoms with Crippen molar-refractivity contribution in [3.8, 4) is 11.3 Å². The van der Waals surface area contributed by atoms with Gasteiger partial charge in [-0.3, -0.25) is 15.5 Å². The third-order valence-corrected chi connectivity index (χ3v) is 4.82. The van der Waals surface area contributed by atoms with E-state index in [-0.39, 0.29) is 10.6 Å². The molecular formula is C18H15N5O2S. The van der Waals surface area contributed by atoms with Crippen LogP contribution in [0.15, 0.2) is 59.0 Å². The lowest BCUT2D eigenvalue weighted by molar-refractivity contribution is -0.384. The summed E-state index contributed by atoms with van der Waals surface area (Å²) in [5.74, 6) is 0. The smallest absolute Gasteiger partial charge is 0.293 e. The van der Waals surface area contributed by atoms with Crippen LogP contribution in [0.3, 0.4) is 0 Å². The molecule has 2 N–H and O–H groups in total. The monoisotopic (exact) mass is 365 g/mol. The van der Waals surface area contributed by atoms with Crippen LogP contribution in [0.1, 0.15) is 12.0 Å². The molecule has 1 aromatic heterocycles. The molecule has 130 valence electrons. The van der Waals surface area contributed by atoms with Crippen molar-refractivity contribution < 1.29 is 4.92 Å². The maximum absolute atomic E-state index is 11.2. The first kappa shape index (κ1) is 16.2. The lowest BCUT2D eigenvalue weighted by atomic mass is 10.0. The van der Waals surface area contributed by atoms with Gasteiger partial charge >= 0.3 is 0 Å². The highest BCUT2D eigenvalue weighted by Crippen LogP contribution is 2.32. The molecule has 26 heavy (non-hydrogen) atoms. The van der Waals surface area contributed by atoms with Crippen LogP contribution in [0.4, 0.5) is 16.5 Å². The van der Waals surface area contributed by atoms with Crippen molar-refractivity contribution in [2.45, 2.75) is 6.42 Å². The Morgan fingerprint density at radius 3 is 2.85 bits per heavy atom. The van der Waals surface area contributed by atoms with Crippen molar-refractivity contribution in [1.29, 1.82) is 0 Å². The number of benzene rings is 2. The maximum atomic E-state index is 11.2. The van der Waals surface area contributed by atoms with Gasteiger partial charge in [-0.1, -0.05) is 42.5 Å². The van der Waals surface area contributed by atoms with Crippen LogP contribution in [-0.2, 0) is 0 Å². The highest BCUT2D eigenvalue weighted by molar-refractivity contribution is 7.14. The molecule has 2 heterocycles. The van der Waals surface area contributed by atoms with Gasteiger partial charge in [0.2, 0.25) is 5.13 Å². The van der Waals surface area contributed by atoms with E-state index in [0.29, 0.717) is 23.8 Å². The molecule has 1 aliphatic heterocycles. The van der Waals surface area contributed by atoms with Crippen LogP contribution in [0.5, 0.6) is 0 Å². The molecule has 0 bridgehead atoms. The number of anilines is 2. The number of hydrogen-bond acceptors (Lipinski definition) is 7. The lowest BCUT2D eigenvalue weighted by Crippen LogP contribution is -2.20. The van der Waals surface area contributed by atoms with Gasteiger partial charge in [0.15, 0.2) is 0 Å². The van der Waals surface area contributed by atoms with Crippen LogP contribution in [0, 0.1) is 10.1 Å². The number of thiazole rings is 1. The third kappa shape index (κ3) is 3.14. The fourth-order valence-corrected chi connectivity index (χ4v) is 3.52. The van der Waals surface area contributed by atoms with E-state index in [4.69, 9.17) is 0 Å². The molecule has 0 aliphatic carbocycles. The quantitative estimate of drug-likeness (QED) is 0.530. The number of nitro groups is 1. The summed E-state index contributed by atoms with van der Waals surface area (Å²) in [5.41, 5.74) is 7.04. The molecule has 3 aromatic rings. The van der Waals surface area contributed by atoms with E-state index in [1.54, 1.807) is 6.07 Å². The molecule has 2 aromatic carbocycles. The van der Waals surface area contributed by atoms with Crippen LogP contribution in [0.2, 0.25) is 0 Å². The third-order valence-electron chi connectivity index (χ3n) is 4.07. The Balaban J connectivity index is 1.59. The second-order valence-corrected chi connectivity index (χ2v) is 6.57. The Hall–Kier alpha value is -3.26. The molecule has 0 unspecified atom stereocenters. The van der Waals surface area contributed by atoms with Crippen molar-refractivity contribution in [3.05, 3.63) is 69.6 Å². The van der Waals surface area contributed by atoms with Crippen LogP contribution in [0.25, 0.3) is 11.3 Å². The minimum atomic E-state index is -0.380. The number of nitrogens with zero attached hydrogens (tertiary/aromatic N) is 3. The number of rotatable bonds is 4. The molecular weight excluding hydrogens is 350 g/mol. The molecule has 0 atom stereocenters. The van der Waals surface area contributed by atoms with Gasteiger partial charge in [-0.15, -0.1) is 11.3 Å². The summed E-state index contributed by atoms with van der Waals surface area (Å²) in [6.07, 6.45) is 0.679. The van der Waals surface area contributed by atoms with E-state index in [1.165, 1.54) is 17.4 Å². The van der Waals surface area contributed by atoms with Crippen LogP contribution in [-0.4, -0.2) is 22.2 Å². The van der Waals surface area contributed by atoms with Gasteiger partial charge in [-0.2, -0.15) is 5.10 Å². The zero-order valence-electron chi connectivity index (χ0n) is 13.7. The highest BCUT2D eigenvalue weighted by atomic mass is 32.1. The van der Waals surface area contributed by atoms with E-state index >= 15 is 0 Å². The first-order valence-corrected chi connectivity index (χ1v) is 8.95. The van der Waals surface area contributed by atoms with Crippen LogP contribution < -0.4 is 10.7 Å². The number of nitro benzene ring substituents is 1. The Morgan fingerprint density at radius 2 is 2.04 bits per heavy atom. The highest BCUT2D eigenvalue weighted by Gasteiger charge is 2.23. The Bertz CT molecular complexity index is 984. The average Bonchev–Trinajstić information content (AvgIpc) is 3.15. The molecule has 1 aliphatic rings. The van der Waals surface area contributed by atoms with Gasteiger partial charge in [0.1, 0.15) is 5.69 Å². The summed E-state index contributed by atoms with van der Waals surface area (Å²) in [5, 5.41) is 21.4. The van der Waals surface area contributed by atoms with Gasteiger partial charge < -0.3 is 5.32 Å². The Morgan fingerprint density at radius 1 is 1.19 bits per heavy atom. The molecule has 0 spiro atoms. The van der Waals surface area contributed by atoms with E-state index in [9.17, 15) is 10.1 Å². The van der Waals surface area contributed by atoms with Gasteiger partial charge in [-0.05, 0) is 0 Å². The van der Waals surface area contributed by atoms with E-state index in [1.807, 2.05) is 41.8 Å². The van der Waals surface area contributed by atoms with E-state index < -0.39 is 0 Å². The van der Waals surface area contributed by atoms with Crippen molar-refractivity contribution >= 4 is 33.6 Å². The molecule has 0 fully saturated rings. The standard InChI is InChI=1S/C18H15N5O2S/c24-23(25)16-8-4-7-13-14(9-10-19-17(13)16)21-22-18-20-15(11-26-18)12-5-2-1-3-6-12/h1-8,11,19H,9-10H2,(H,20,22)/b21-14+. The van der Waals surface area contributed by atoms with Crippen molar-refractivity contribution in [3.63, 3.8) is 0 Å². The Kier molecular flexibility index (Phi) is 4.32. The molecule has 0 saturated carbocycles. The van der Waals surface area contributed by atoms with Crippen molar-refractivity contribution in [2.75, 3.05) is 17.3 Å². The van der Waals surface area contributed by atoms with Gasteiger partial charge in [0.05, 0.1) is 16.3 Å². The average molecular weight is 365 g/mol. The van der Waals surface area contributed by atoms with Crippen molar-refractivity contribution in [1.82, 2.24) is 4.98 Å². The van der Waals surface area contributed by atoms with Gasteiger partial charge in [0.25, 0.3) is 5.69 Å². The fourth-order valence-electron chi connectivity index (χ4n) is 2.86. The summed E-state index contributed by atoms with van der Waals surface area (Å²) in [7, 11) is 0. The second kappa shape index (κ2) is 6.93. The van der Waals surface area contributed by atoms with Gasteiger partial charge in [0, 0.05) is 35.5 Å². The summed E-state index contributed by atoms with van der Waals surface area (Å²) in [4.78, 5) is 15.4. The first-order chi connectivity index (χ1) is 12.7. The summed E-state index contributed by atoms with van der Waals surface area (Å²) >= 11 is 1.47. The number of para-hydroxylation sites is 1. The van der Waals surface area contributed by atoms with Crippen molar-refractivity contribution in [2.24, 2.45) is 5.10 Å². The van der Waals surface area contributed by atoms with Gasteiger partial charge in [-0.25, -0.2) is 4.98 Å². The molecule has 7 nitrogen and oxygen atoms in total. The maximum Gasteiger partial charge on any atom is 0.293 e. The number of aromatic nitrogens is 1. The normalized spacial score (nSPS) is 14.5. The SMILES string of the molecule is O=[N+]([O-])c1cccc2c1NCC/C2=N\Nc1nc(-c2ccccc2)cs1. The zero-order chi connectivity index (χ0) is 17.9. The second-order valence-electron chi connectivity index (χ2n) is 5.71. The molecule has 8 heteroatoms. The molecule has 0 saturated heterocycles.